The Bertz CT molecular complexity index is 1410. The number of non-ortho nitro benzene ring substituents is 1. The number of aliphatic hydroxyl groups is 13. The molecule has 13 N–H and O–H groups in total. The Kier molecular flexibility index (Phi) is 14.9. The van der Waals surface area contributed by atoms with Gasteiger partial charge in [-0.3, -0.25) is 10.1 Å². The lowest BCUT2D eigenvalue weighted by atomic mass is 9.95. The van der Waals surface area contributed by atoms with Crippen molar-refractivity contribution < 1.29 is 109 Å². The number of nitrogens with zero attached hydrogens (tertiary/aromatic N) is 1. The number of benzene rings is 1. The number of hydrogen-bond acceptors (Lipinski definition) is 23. The third-order valence-electron chi connectivity index (χ3n) is 9.55. The molecule has 4 aliphatic heterocycles. The minimum absolute atomic E-state index is 0.188. The lowest BCUT2D eigenvalue weighted by molar-refractivity contribution is -0.387. The maximum absolute atomic E-state index is 11.1. The van der Waals surface area contributed by atoms with E-state index in [1.165, 1.54) is 0 Å². The van der Waals surface area contributed by atoms with E-state index in [0.29, 0.717) is 0 Å². The molecule has 5 rings (SSSR count). The smallest absolute Gasteiger partial charge is 0.271 e. The second-order valence-electron chi connectivity index (χ2n) is 13.1. The van der Waals surface area contributed by atoms with Gasteiger partial charge in [-0.25, -0.2) is 0 Å². The first-order valence-corrected chi connectivity index (χ1v) is 17.2. The highest BCUT2D eigenvalue weighted by atomic mass is 35.5. The lowest BCUT2D eigenvalue weighted by Gasteiger charge is -2.49. The van der Waals surface area contributed by atoms with Crippen molar-refractivity contribution in [2.24, 2.45) is 0 Å². The van der Waals surface area contributed by atoms with Gasteiger partial charge in [-0.05, 0) is 6.07 Å². The minimum Gasteiger partial charge on any atom is -0.460 e. The predicted molar refractivity (Wildman–Crippen MR) is 170 cm³/mol. The quantitative estimate of drug-likeness (QED) is 0.0649. The fourth-order valence-electron chi connectivity index (χ4n) is 6.45. The van der Waals surface area contributed by atoms with E-state index in [9.17, 15) is 76.5 Å². The SMILES string of the molecule is O=[N+]([O-])c1ccc(OC2O[C@@H](CO)[C@H](O[C@@H]3O[C@@H](CO)[C@H](O[C@H]4O[C@@H](CO)[C@H](O[C@H]5O[C@@H](CO)[C@H](O)[C@@H](O)[C@@H]5O)[C@@H](O)[C@@H]4O)[C@@H](O)[C@@H]3O)[C@@H](O)[C@@H]2O)c(Cl)c1. The van der Waals surface area contributed by atoms with Crippen LogP contribution in [0.25, 0.3) is 0 Å². The topological polar surface area (TPSA) is 380 Å². The molecule has 24 nitrogen and oxygen atoms in total. The molecule has 1 unspecified atom stereocenters. The molecule has 4 saturated heterocycles. The summed E-state index contributed by atoms with van der Waals surface area (Å²) in [6, 6.07) is 3.13. The van der Waals surface area contributed by atoms with Gasteiger partial charge in [0.05, 0.1) is 36.4 Å². The number of halogens is 1. The van der Waals surface area contributed by atoms with Crippen LogP contribution in [0.2, 0.25) is 5.02 Å². The summed E-state index contributed by atoms with van der Waals surface area (Å²) in [5.41, 5.74) is -0.367. The van der Waals surface area contributed by atoms with Crippen molar-refractivity contribution in [1.82, 2.24) is 0 Å². The highest BCUT2D eigenvalue weighted by molar-refractivity contribution is 6.32. The average Bonchev–Trinajstić information content (AvgIpc) is 3.17. The van der Waals surface area contributed by atoms with Gasteiger partial charge < -0.3 is 104 Å². The zero-order valence-electron chi connectivity index (χ0n) is 28.3. The van der Waals surface area contributed by atoms with Crippen LogP contribution in [-0.2, 0) is 33.2 Å². The van der Waals surface area contributed by atoms with Crippen LogP contribution in [0, 0.1) is 10.1 Å². The molecule has 55 heavy (non-hydrogen) atoms. The first kappa shape index (κ1) is 44.0. The van der Waals surface area contributed by atoms with E-state index in [0.717, 1.165) is 18.2 Å². The fourth-order valence-corrected chi connectivity index (χ4v) is 6.67. The molecule has 0 aliphatic carbocycles. The number of ether oxygens (including phenoxy) is 8. The van der Waals surface area contributed by atoms with Gasteiger partial charge in [-0.1, -0.05) is 11.6 Å². The molecule has 20 atom stereocenters. The van der Waals surface area contributed by atoms with E-state index in [1.54, 1.807) is 0 Å². The summed E-state index contributed by atoms with van der Waals surface area (Å²) in [4.78, 5) is 10.3. The average molecular weight is 822 g/mol. The van der Waals surface area contributed by atoms with Crippen molar-refractivity contribution in [2.75, 3.05) is 26.4 Å². The summed E-state index contributed by atoms with van der Waals surface area (Å²) in [5.74, 6) is -0.188. The second kappa shape index (κ2) is 18.7. The van der Waals surface area contributed by atoms with E-state index >= 15 is 0 Å². The molecule has 4 heterocycles. The summed E-state index contributed by atoms with van der Waals surface area (Å²) in [7, 11) is 0. The number of hydrogen-bond donors (Lipinski definition) is 13. The minimum atomic E-state index is -2.08. The number of nitro groups is 1. The summed E-state index contributed by atoms with van der Waals surface area (Å²) >= 11 is 6.04. The molecular weight excluding hydrogens is 778 g/mol. The normalized spacial score (nSPS) is 45.3. The van der Waals surface area contributed by atoms with Gasteiger partial charge in [-0.15, -0.1) is 0 Å². The first-order chi connectivity index (χ1) is 26.1. The van der Waals surface area contributed by atoms with Crippen LogP contribution in [0.3, 0.4) is 0 Å². The third kappa shape index (κ3) is 9.15. The Labute approximate surface area is 314 Å². The van der Waals surface area contributed by atoms with Crippen molar-refractivity contribution in [1.29, 1.82) is 0 Å². The molecule has 0 radical (unpaired) electrons. The van der Waals surface area contributed by atoms with Gasteiger partial charge in [0, 0.05) is 12.1 Å². The van der Waals surface area contributed by atoms with Gasteiger partial charge in [-0.2, -0.15) is 0 Å². The second-order valence-corrected chi connectivity index (χ2v) is 13.5. The Morgan fingerprint density at radius 3 is 1.29 bits per heavy atom. The van der Waals surface area contributed by atoms with E-state index < -0.39 is 154 Å². The Morgan fingerprint density at radius 1 is 0.545 bits per heavy atom. The van der Waals surface area contributed by atoms with Gasteiger partial charge >= 0.3 is 0 Å². The molecule has 0 spiro atoms. The van der Waals surface area contributed by atoms with Crippen molar-refractivity contribution in [3.05, 3.63) is 33.3 Å². The summed E-state index contributed by atoms with van der Waals surface area (Å²) in [6.07, 6.45) is -36.1. The monoisotopic (exact) mass is 821 g/mol. The van der Waals surface area contributed by atoms with E-state index in [2.05, 4.69) is 0 Å². The largest absolute Gasteiger partial charge is 0.460 e. The van der Waals surface area contributed by atoms with Crippen LogP contribution in [0.4, 0.5) is 5.69 Å². The summed E-state index contributed by atoms with van der Waals surface area (Å²) < 4.78 is 44.2. The molecule has 25 heteroatoms. The lowest BCUT2D eigenvalue weighted by Crippen LogP contribution is -2.67. The highest BCUT2D eigenvalue weighted by Gasteiger charge is 2.55. The molecule has 0 saturated carbocycles. The molecule has 4 aliphatic rings. The molecule has 1 aromatic rings. The van der Waals surface area contributed by atoms with Gasteiger partial charge in [0.25, 0.3) is 5.69 Å². The molecule has 0 aromatic heterocycles. The summed E-state index contributed by atoms with van der Waals surface area (Å²) in [5, 5.41) is 146. The Hall–Kier alpha value is -2.09. The van der Waals surface area contributed by atoms with Crippen molar-refractivity contribution in [3.63, 3.8) is 0 Å². The first-order valence-electron chi connectivity index (χ1n) is 16.8. The van der Waals surface area contributed by atoms with Crippen LogP contribution in [0.5, 0.6) is 5.75 Å². The molecule has 0 amide bonds. The van der Waals surface area contributed by atoms with Gasteiger partial charge in [0.2, 0.25) is 6.29 Å². The summed E-state index contributed by atoms with van der Waals surface area (Å²) in [6.45, 7) is -3.56. The van der Waals surface area contributed by atoms with Crippen molar-refractivity contribution in [3.8, 4) is 5.75 Å². The van der Waals surface area contributed by atoms with Crippen molar-refractivity contribution in [2.45, 2.75) is 123 Å². The van der Waals surface area contributed by atoms with Crippen molar-refractivity contribution >= 4 is 17.3 Å². The van der Waals surface area contributed by atoms with E-state index in [-0.39, 0.29) is 16.5 Å². The van der Waals surface area contributed by atoms with Crippen LogP contribution < -0.4 is 4.74 Å². The molecule has 1 aromatic carbocycles. The molecule has 0 bridgehead atoms. The maximum atomic E-state index is 11.1. The number of rotatable bonds is 13. The van der Waals surface area contributed by atoms with Crippen LogP contribution in [0.15, 0.2) is 18.2 Å². The van der Waals surface area contributed by atoms with Gasteiger partial charge in [0.15, 0.2) is 18.9 Å². The predicted octanol–water partition coefficient (Wildman–Crippen LogP) is -7.10. The van der Waals surface area contributed by atoms with Crippen LogP contribution in [0.1, 0.15) is 0 Å². The van der Waals surface area contributed by atoms with Crippen LogP contribution >= 0.6 is 11.6 Å². The third-order valence-corrected chi connectivity index (χ3v) is 9.85. The molecular formula is C30H44ClNO23. The standard InChI is InChI=1S/C30H44ClNO23/c31-9-3-8(32(46)47)1-2-10(9)48-27-21(43)17(39)24(12(5-34)50-27)54-29-23(45)19(41)26(14(7-36)52-29)55-30-22(44)18(40)25(13(6-35)51-30)53-28-20(42)16(38)15(37)11(4-33)49-28/h1-3,11-30,33-45H,4-7H2/t11-,12-,13-,14-,15-,16+,17-,18-,19-,20-,21-,22-,23-,24-,25-,26-,27?,28+,29-,30+/m0/s1. The number of nitro benzene ring substituents is 1. The fraction of sp³-hybridized carbons (Fsp3) is 0.800. The Morgan fingerprint density at radius 2 is 0.909 bits per heavy atom. The molecule has 4 fully saturated rings. The Balaban J connectivity index is 1.23. The van der Waals surface area contributed by atoms with Crippen LogP contribution in [-0.4, -0.2) is 221 Å². The zero-order valence-corrected chi connectivity index (χ0v) is 29.1. The number of aliphatic hydroxyl groups excluding tert-OH is 13. The van der Waals surface area contributed by atoms with Gasteiger partial charge in [0.1, 0.15) is 103 Å². The highest BCUT2D eigenvalue weighted by Crippen LogP contribution is 2.36. The van der Waals surface area contributed by atoms with E-state index in [4.69, 9.17) is 49.5 Å². The van der Waals surface area contributed by atoms with E-state index in [1.807, 2.05) is 0 Å². The zero-order chi connectivity index (χ0) is 40.5. The maximum Gasteiger partial charge on any atom is 0.271 e. The molecule has 314 valence electrons.